The Morgan fingerprint density at radius 3 is 2.20 bits per heavy atom. The molecule has 0 saturated heterocycles. The van der Waals surface area contributed by atoms with Gasteiger partial charge in [0.05, 0.1) is 6.42 Å². The summed E-state index contributed by atoms with van der Waals surface area (Å²) in [6, 6.07) is -1.23. The van der Waals surface area contributed by atoms with E-state index in [1.807, 2.05) is 13.8 Å². The van der Waals surface area contributed by atoms with Gasteiger partial charge in [0.2, 0.25) is 11.8 Å². The summed E-state index contributed by atoms with van der Waals surface area (Å²) in [5.41, 5.74) is 4.53. The average molecular weight is 284 g/mol. The Labute approximate surface area is 119 Å². The van der Waals surface area contributed by atoms with Crippen LogP contribution in [0.5, 0.6) is 0 Å². The number of carboxylic acid groups (broad SMARTS) is 1. The van der Waals surface area contributed by atoms with E-state index in [1.165, 1.54) is 0 Å². The first-order valence-corrected chi connectivity index (χ1v) is 7.09. The normalized spacial score (nSPS) is 18.8. The van der Waals surface area contributed by atoms with Crippen molar-refractivity contribution in [2.75, 3.05) is 0 Å². The van der Waals surface area contributed by atoms with Gasteiger partial charge in [-0.1, -0.05) is 26.7 Å². The molecule has 6 nitrogen and oxygen atoms in total. The summed E-state index contributed by atoms with van der Waals surface area (Å²) in [5.74, 6) is -1.85. The summed E-state index contributed by atoms with van der Waals surface area (Å²) in [6.45, 7) is 4.09. The van der Waals surface area contributed by atoms with E-state index in [1.54, 1.807) is 0 Å². The highest BCUT2D eigenvalue weighted by Gasteiger charge is 2.42. The molecule has 1 aliphatic carbocycles. The molecule has 0 heterocycles. The molecule has 4 N–H and O–H groups in total. The minimum Gasteiger partial charge on any atom is -0.480 e. The van der Waals surface area contributed by atoms with Crippen molar-refractivity contribution >= 4 is 17.8 Å². The van der Waals surface area contributed by atoms with E-state index in [-0.39, 0.29) is 12.3 Å². The van der Waals surface area contributed by atoms with Gasteiger partial charge in [-0.15, -0.1) is 0 Å². The third-order valence-corrected chi connectivity index (χ3v) is 3.85. The Morgan fingerprint density at radius 1 is 1.25 bits per heavy atom. The Hall–Kier alpha value is -1.59. The van der Waals surface area contributed by atoms with Gasteiger partial charge in [0, 0.05) is 5.41 Å². The fraction of sp³-hybridized carbons (Fsp3) is 0.786. The second-order valence-corrected chi connectivity index (χ2v) is 6.12. The summed E-state index contributed by atoms with van der Waals surface area (Å²) < 4.78 is 0. The zero-order valence-electron chi connectivity index (χ0n) is 12.1. The minimum absolute atomic E-state index is 0.252. The van der Waals surface area contributed by atoms with Gasteiger partial charge in [-0.2, -0.15) is 0 Å². The summed E-state index contributed by atoms with van der Waals surface area (Å²) in [6.07, 6.45) is 3.88. The van der Waals surface area contributed by atoms with E-state index in [2.05, 4.69) is 5.32 Å². The van der Waals surface area contributed by atoms with Gasteiger partial charge in [0.1, 0.15) is 6.04 Å². The second-order valence-electron chi connectivity index (χ2n) is 6.12. The van der Waals surface area contributed by atoms with Gasteiger partial charge in [0.25, 0.3) is 0 Å². The van der Waals surface area contributed by atoms with E-state index in [0.717, 1.165) is 32.1 Å². The Kier molecular flexibility index (Phi) is 5.53. The fourth-order valence-corrected chi connectivity index (χ4v) is 3.07. The molecule has 1 saturated carbocycles. The smallest absolute Gasteiger partial charge is 0.326 e. The summed E-state index contributed by atoms with van der Waals surface area (Å²) in [4.78, 5) is 34.4. The van der Waals surface area contributed by atoms with Gasteiger partial charge in [-0.05, 0) is 25.2 Å². The Balaban J connectivity index is 2.79. The van der Waals surface area contributed by atoms with Gasteiger partial charge in [-0.25, -0.2) is 4.79 Å². The van der Waals surface area contributed by atoms with Crippen molar-refractivity contribution in [3.63, 3.8) is 0 Å². The molecule has 0 spiro atoms. The maximum atomic E-state index is 12.5. The maximum Gasteiger partial charge on any atom is 0.326 e. The molecule has 0 unspecified atom stereocenters. The zero-order chi connectivity index (χ0) is 15.3. The number of carbonyl (C=O) groups is 3. The highest BCUT2D eigenvalue weighted by atomic mass is 16.4. The van der Waals surface area contributed by atoms with E-state index in [0.29, 0.717) is 5.92 Å². The third-order valence-electron chi connectivity index (χ3n) is 3.85. The zero-order valence-corrected chi connectivity index (χ0v) is 12.1. The SMILES string of the molecule is CC(C)CC1(C(=O)N[C@@H](CC(N)=O)C(=O)O)CCCC1. The molecule has 2 amide bonds. The van der Waals surface area contributed by atoms with Crippen LogP contribution in [0.3, 0.4) is 0 Å². The van der Waals surface area contributed by atoms with Crippen LogP contribution in [0.15, 0.2) is 0 Å². The standard InChI is InChI=1S/C14H24N2O4/c1-9(2)8-14(5-3-4-6-14)13(20)16-10(12(18)19)7-11(15)17/h9-10H,3-8H2,1-2H3,(H2,15,17)(H,16,20)(H,18,19)/t10-/m0/s1. The summed E-state index contributed by atoms with van der Waals surface area (Å²) in [7, 11) is 0. The van der Waals surface area contributed by atoms with Crippen LogP contribution in [0, 0.1) is 11.3 Å². The monoisotopic (exact) mass is 284 g/mol. The lowest BCUT2D eigenvalue weighted by Gasteiger charge is -2.30. The van der Waals surface area contributed by atoms with Crippen LogP contribution in [0.25, 0.3) is 0 Å². The predicted molar refractivity (Wildman–Crippen MR) is 73.7 cm³/mol. The number of carbonyl (C=O) groups excluding carboxylic acids is 2. The molecule has 0 radical (unpaired) electrons. The largest absolute Gasteiger partial charge is 0.480 e. The first-order chi connectivity index (χ1) is 9.27. The van der Waals surface area contributed by atoms with E-state index < -0.39 is 23.3 Å². The van der Waals surface area contributed by atoms with Crippen LogP contribution in [-0.4, -0.2) is 28.9 Å². The number of carboxylic acids is 1. The first kappa shape index (κ1) is 16.5. The Morgan fingerprint density at radius 2 is 1.80 bits per heavy atom. The summed E-state index contributed by atoms with van der Waals surface area (Å²) in [5, 5.41) is 11.6. The highest BCUT2D eigenvalue weighted by molar-refractivity contribution is 5.90. The third kappa shape index (κ3) is 4.21. The van der Waals surface area contributed by atoms with Crippen LogP contribution < -0.4 is 11.1 Å². The molecule has 6 heteroatoms. The lowest BCUT2D eigenvalue weighted by Crippen LogP contribution is -2.49. The van der Waals surface area contributed by atoms with Gasteiger partial charge in [0.15, 0.2) is 0 Å². The van der Waals surface area contributed by atoms with Gasteiger partial charge < -0.3 is 16.2 Å². The van der Waals surface area contributed by atoms with Crippen molar-refractivity contribution in [3.8, 4) is 0 Å². The summed E-state index contributed by atoms with van der Waals surface area (Å²) >= 11 is 0. The topological polar surface area (TPSA) is 109 Å². The molecule has 1 aliphatic rings. The van der Waals surface area contributed by atoms with Crippen LogP contribution in [0.1, 0.15) is 52.4 Å². The number of nitrogens with one attached hydrogen (secondary N) is 1. The van der Waals surface area contributed by atoms with Crippen LogP contribution in [0.4, 0.5) is 0 Å². The van der Waals surface area contributed by atoms with Crippen molar-refractivity contribution < 1.29 is 19.5 Å². The molecule has 1 atom stereocenters. The lowest BCUT2D eigenvalue weighted by atomic mass is 9.77. The second kappa shape index (κ2) is 6.72. The molecule has 0 aromatic rings. The van der Waals surface area contributed by atoms with Crippen LogP contribution in [0.2, 0.25) is 0 Å². The Bertz CT molecular complexity index is 387. The molecule has 1 fully saturated rings. The number of aliphatic carboxylic acids is 1. The number of primary amides is 1. The number of nitrogens with two attached hydrogens (primary N) is 1. The fourth-order valence-electron chi connectivity index (χ4n) is 3.07. The van der Waals surface area contributed by atoms with Crippen molar-refractivity contribution in [1.82, 2.24) is 5.32 Å². The average Bonchev–Trinajstić information content (AvgIpc) is 2.76. The van der Waals surface area contributed by atoms with Crippen LogP contribution >= 0.6 is 0 Å². The molecule has 0 aromatic heterocycles. The van der Waals surface area contributed by atoms with Crippen molar-refractivity contribution in [2.45, 2.75) is 58.4 Å². The molecule has 0 aromatic carbocycles. The van der Waals surface area contributed by atoms with Gasteiger partial charge >= 0.3 is 5.97 Å². The quantitative estimate of drug-likeness (QED) is 0.648. The molecule has 1 rings (SSSR count). The van der Waals surface area contributed by atoms with E-state index >= 15 is 0 Å². The van der Waals surface area contributed by atoms with Crippen molar-refractivity contribution in [1.29, 1.82) is 0 Å². The molecule has 20 heavy (non-hydrogen) atoms. The van der Waals surface area contributed by atoms with E-state index in [4.69, 9.17) is 10.8 Å². The first-order valence-electron chi connectivity index (χ1n) is 7.09. The van der Waals surface area contributed by atoms with Gasteiger partial charge in [-0.3, -0.25) is 9.59 Å². The molecule has 0 bridgehead atoms. The van der Waals surface area contributed by atoms with Crippen molar-refractivity contribution in [3.05, 3.63) is 0 Å². The van der Waals surface area contributed by atoms with E-state index in [9.17, 15) is 14.4 Å². The molecule has 0 aliphatic heterocycles. The number of hydrogen-bond donors (Lipinski definition) is 3. The molecular formula is C14H24N2O4. The number of amides is 2. The molecular weight excluding hydrogens is 260 g/mol. The highest BCUT2D eigenvalue weighted by Crippen LogP contribution is 2.43. The molecule has 114 valence electrons. The number of rotatable bonds is 7. The lowest BCUT2D eigenvalue weighted by molar-refractivity contribution is -0.145. The maximum absolute atomic E-state index is 12.5. The predicted octanol–water partition coefficient (Wildman–Crippen LogP) is 1.04. The minimum atomic E-state index is -1.23. The number of hydrogen-bond acceptors (Lipinski definition) is 3. The van der Waals surface area contributed by atoms with Crippen molar-refractivity contribution in [2.24, 2.45) is 17.1 Å². The van der Waals surface area contributed by atoms with Crippen LogP contribution in [-0.2, 0) is 14.4 Å².